The van der Waals surface area contributed by atoms with Crippen molar-refractivity contribution in [2.24, 2.45) is 5.92 Å². The molecule has 1 N–H and O–H groups in total. The fourth-order valence-electron chi connectivity index (χ4n) is 2.80. The van der Waals surface area contributed by atoms with Crippen molar-refractivity contribution in [2.75, 3.05) is 18.0 Å². The number of hydrogen-bond donors (Lipinski definition) is 1. The van der Waals surface area contributed by atoms with E-state index in [0.29, 0.717) is 37.4 Å². The number of carboxylic acids is 1. The van der Waals surface area contributed by atoms with Gasteiger partial charge in [-0.25, -0.2) is 15.0 Å². The fraction of sp³-hybridized carbons (Fsp3) is 0.471. The van der Waals surface area contributed by atoms with Crippen LogP contribution in [-0.2, 0) is 4.79 Å². The Labute approximate surface area is 140 Å². The molecule has 3 heterocycles. The molecule has 2 aromatic rings. The molecule has 0 unspecified atom stereocenters. The van der Waals surface area contributed by atoms with Crippen molar-refractivity contribution in [1.29, 1.82) is 0 Å². The molecule has 0 spiro atoms. The molecule has 24 heavy (non-hydrogen) atoms. The van der Waals surface area contributed by atoms with Crippen LogP contribution in [0.5, 0.6) is 0 Å². The molecule has 0 radical (unpaired) electrons. The molecule has 1 saturated heterocycles. The van der Waals surface area contributed by atoms with Gasteiger partial charge in [-0.15, -0.1) is 0 Å². The zero-order chi connectivity index (χ0) is 17.1. The van der Waals surface area contributed by atoms with Crippen molar-refractivity contribution in [2.45, 2.75) is 32.6 Å². The van der Waals surface area contributed by atoms with Crippen molar-refractivity contribution >= 4 is 11.8 Å². The van der Waals surface area contributed by atoms with Crippen LogP contribution in [0.15, 0.2) is 24.7 Å². The molecule has 0 aliphatic carbocycles. The van der Waals surface area contributed by atoms with Crippen molar-refractivity contribution in [1.82, 2.24) is 19.9 Å². The minimum Gasteiger partial charge on any atom is -0.481 e. The van der Waals surface area contributed by atoms with Gasteiger partial charge in [0.2, 0.25) is 0 Å². The normalized spacial score (nSPS) is 15.7. The largest absolute Gasteiger partial charge is 0.481 e. The molecule has 7 heteroatoms. The van der Waals surface area contributed by atoms with E-state index < -0.39 is 5.97 Å². The molecule has 2 aromatic heterocycles. The lowest BCUT2D eigenvalue weighted by Gasteiger charge is -2.31. The summed E-state index contributed by atoms with van der Waals surface area (Å²) in [6.07, 6.45) is 6.17. The molecule has 1 fully saturated rings. The predicted octanol–water partition coefficient (Wildman–Crippen LogP) is 2.36. The van der Waals surface area contributed by atoms with Crippen LogP contribution < -0.4 is 4.90 Å². The van der Waals surface area contributed by atoms with Gasteiger partial charge in [-0.1, -0.05) is 13.8 Å². The topological polar surface area (TPSA) is 92.1 Å². The van der Waals surface area contributed by atoms with Crippen molar-refractivity contribution in [3.05, 3.63) is 30.4 Å². The molecule has 7 nitrogen and oxygen atoms in total. The van der Waals surface area contributed by atoms with Gasteiger partial charge in [0.05, 0.1) is 12.1 Å². The average molecular weight is 327 g/mol. The number of rotatable bonds is 4. The highest BCUT2D eigenvalue weighted by Crippen LogP contribution is 2.26. The number of piperidine rings is 1. The standard InChI is InChI=1S/C17H21N5O2/c1-11(2)13-9-15(22-7-3-12(4-8-22)17(23)24)21-16(20-13)14-10-18-5-6-19-14/h5-6,9-12H,3-4,7-8H2,1-2H3,(H,23,24). The summed E-state index contributed by atoms with van der Waals surface area (Å²) in [5.41, 5.74) is 1.59. The third-order valence-corrected chi connectivity index (χ3v) is 4.28. The Morgan fingerprint density at radius 3 is 2.58 bits per heavy atom. The Morgan fingerprint density at radius 1 is 1.25 bits per heavy atom. The Bertz CT molecular complexity index is 712. The van der Waals surface area contributed by atoms with Crippen LogP contribution in [0, 0.1) is 5.92 Å². The SMILES string of the molecule is CC(C)c1cc(N2CCC(C(=O)O)CC2)nc(-c2cnccn2)n1. The Balaban J connectivity index is 1.90. The van der Waals surface area contributed by atoms with Gasteiger partial charge in [-0.2, -0.15) is 0 Å². The Morgan fingerprint density at radius 2 is 2.00 bits per heavy atom. The van der Waals surface area contributed by atoms with Gasteiger partial charge < -0.3 is 10.0 Å². The van der Waals surface area contributed by atoms with Crippen molar-refractivity contribution in [3.63, 3.8) is 0 Å². The molecule has 0 saturated carbocycles. The summed E-state index contributed by atoms with van der Waals surface area (Å²) in [4.78, 5) is 30.9. The van der Waals surface area contributed by atoms with Crippen LogP contribution in [0.4, 0.5) is 5.82 Å². The van der Waals surface area contributed by atoms with Crippen LogP contribution in [-0.4, -0.2) is 44.1 Å². The van der Waals surface area contributed by atoms with Gasteiger partial charge in [0.15, 0.2) is 5.82 Å². The number of hydrogen-bond acceptors (Lipinski definition) is 6. The molecule has 126 valence electrons. The quantitative estimate of drug-likeness (QED) is 0.921. The highest BCUT2D eigenvalue weighted by atomic mass is 16.4. The lowest BCUT2D eigenvalue weighted by molar-refractivity contribution is -0.142. The highest BCUT2D eigenvalue weighted by Gasteiger charge is 2.26. The van der Waals surface area contributed by atoms with E-state index in [2.05, 4.69) is 38.7 Å². The van der Waals surface area contributed by atoms with Gasteiger partial charge >= 0.3 is 5.97 Å². The fourth-order valence-corrected chi connectivity index (χ4v) is 2.80. The summed E-state index contributed by atoms with van der Waals surface area (Å²) in [6.45, 7) is 5.54. The van der Waals surface area contributed by atoms with E-state index in [-0.39, 0.29) is 11.8 Å². The van der Waals surface area contributed by atoms with E-state index in [1.54, 1.807) is 18.6 Å². The summed E-state index contributed by atoms with van der Waals surface area (Å²) < 4.78 is 0. The smallest absolute Gasteiger partial charge is 0.306 e. The van der Waals surface area contributed by atoms with Crippen molar-refractivity contribution in [3.8, 4) is 11.5 Å². The summed E-state index contributed by atoms with van der Waals surface area (Å²) in [6, 6.07) is 1.99. The van der Waals surface area contributed by atoms with Gasteiger partial charge in [0.25, 0.3) is 0 Å². The molecule has 0 aromatic carbocycles. The first-order valence-corrected chi connectivity index (χ1v) is 8.17. The lowest BCUT2D eigenvalue weighted by atomic mass is 9.97. The van der Waals surface area contributed by atoms with E-state index in [1.165, 1.54) is 0 Å². The summed E-state index contributed by atoms with van der Waals surface area (Å²) in [7, 11) is 0. The van der Waals surface area contributed by atoms with Gasteiger partial charge in [0.1, 0.15) is 11.5 Å². The average Bonchev–Trinajstić information content (AvgIpc) is 2.62. The van der Waals surface area contributed by atoms with Crippen LogP contribution in [0.2, 0.25) is 0 Å². The van der Waals surface area contributed by atoms with Crippen molar-refractivity contribution < 1.29 is 9.90 Å². The minimum absolute atomic E-state index is 0.257. The monoisotopic (exact) mass is 327 g/mol. The van der Waals surface area contributed by atoms with E-state index in [0.717, 1.165) is 11.5 Å². The van der Waals surface area contributed by atoms with E-state index in [1.807, 2.05) is 6.07 Å². The molecular weight excluding hydrogens is 306 g/mol. The summed E-state index contributed by atoms with van der Waals surface area (Å²) >= 11 is 0. The molecule has 0 bridgehead atoms. The lowest BCUT2D eigenvalue weighted by Crippen LogP contribution is -2.37. The molecular formula is C17H21N5O2. The van der Waals surface area contributed by atoms with Crippen LogP contribution in [0.3, 0.4) is 0 Å². The van der Waals surface area contributed by atoms with Gasteiger partial charge in [-0.05, 0) is 18.8 Å². The third-order valence-electron chi connectivity index (χ3n) is 4.28. The first kappa shape index (κ1) is 16.3. The maximum atomic E-state index is 11.1. The van der Waals surface area contributed by atoms with Crippen LogP contribution >= 0.6 is 0 Å². The summed E-state index contributed by atoms with van der Waals surface area (Å²) in [5.74, 6) is 0.689. The van der Waals surface area contributed by atoms with Crippen LogP contribution in [0.1, 0.15) is 38.3 Å². The van der Waals surface area contributed by atoms with E-state index >= 15 is 0 Å². The maximum Gasteiger partial charge on any atom is 0.306 e. The highest BCUT2D eigenvalue weighted by molar-refractivity contribution is 5.70. The number of anilines is 1. The Hall–Kier alpha value is -2.57. The molecule has 0 amide bonds. The number of carboxylic acid groups (broad SMARTS) is 1. The van der Waals surface area contributed by atoms with Gasteiger partial charge in [0, 0.05) is 37.2 Å². The van der Waals surface area contributed by atoms with Gasteiger partial charge in [-0.3, -0.25) is 9.78 Å². The maximum absolute atomic E-state index is 11.1. The predicted molar refractivity (Wildman–Crippen MR) is 89.7 cm³/mol. The molecule has 1 aliphatic heterocycles. The first-order valence-electron chi connectivity index (χ1n) is 8.17. The molecule has 3 rings (SSSR count). The zero-order valence-corrected chi connectivity index (χ0v) is 13.9. The first-order chi connectivity index (χ1) is 11.5. The zero-order valence-electron chi connectivity index (χ0n) is 13.9. The minimum atomic E-state index is -0.708. The van der Waals surface area contributed by atoms with E-state index in [4.69, 9.17) is 5.11 Å². The Kier molecular flexibility index (Phi) is 4.69. The summed E-state index contributed by atoms with van der Waals surface area (Å²) in [5, 5.41) is 9.15. The second-order valence-corrected chi connectivity index (χ2v) is 6.32. The number of carbonyl (C=O) groups is 1. The van der Waals surface area contributed by atoms with E-state index in [9.17, 15) is 4.79 Å². The number of aromatic nitrogens is 4. The molecule has 1 aliphatic rings. The third kappa shape index (κ3) is 3.50. The number of aliphatic carboxylic acids is 1. The second kappa shape index (κ2) is 6.90. The van der Waals surface area contributed by atoms with Crippen LogP contribution in [0.25, 0.3) is 11.5 Å². The molecule has 0 atom stereocenters. The second-order valence-electron chi connectivity index (χ2n) is 6.32. The number of nitrogens with zero attached hydrogens (tertiary/aromatic N) is 5.